The molecule has 0 unspecified atom stereocenters. The van der Waals surface area contributed by atoms with E-state index in [1.165, 1.54) is 17.4 Å². The zero-order valence-corrected chi connectivity index (χ0v) is 13.3. The number of sulfone groups is 1. The molecule has 0 saturated heterocycles. The number of rotatable bonds is 4. The van der Waals surface area contributed by atoms with Gasteiger partial charge < -0.3 is 0 Å². The standard InChI is InChI=1S/C13H11BrO3S2/c1-9-6-7-12(18-9)11(15)8-19(16,17)13-5-3-2-4-10(13)14/h2-7H,8H2,1H3. The van der Waals surface area contributed by atoms with Gasteiger partial charge in [0.25, 0.3) is 0 Å². The number of ketones is 1. The second-order valence-corrected chi connectivity index (χ2v) is 8.12. The number of halogens is 1. The van der Waals surface area contributed by atoms with Crippen molar-refractivity contribution in [2.45, 2.75) is 11.8 Å². The maximum Gasteiger partial charge on any atom is 0.188 e. The first-order valence-corrected chi connectivity index (χ1v) is 8.73. The molecule has 2 rings (SSSR count). The maximum atomic E-state index is 12.2. The SMILES string of the molecule is Cc1ccc(C(=O)CS(=O)(=O)c2ccccc2Br)s1. The summed E-state index contributed by atoms with van der Waals surface area (Å²) < 4.78 is 24.9. The number of hydrogen-bond acceptors (Lipinski definition) is 4. The number of Topliss-reactive ketones (excluding diaryl/α,β-unsaturated/α-hetero) is 1. The molecule has 0 amide bonds. The van der Waals surface area contributed by atoms with Crippen LogP contribution in [0.15, 0.2) is 45.8 Å². The summed E-state index contributed by atoms with van der Waals surface area (Å²) in [5.74, 6) is -0.871. The van der Waals surface area contributed by atoms with E-state index < -0.39 is 15.6 Å². The van der Waals surface area contributed by atoms with E-state index >= 15 is 0 Å². The number of carbonyl (C=O) groups is 1. The van der Waals surface area contributed by atoms with E-state index in [0.717, 1.165) is 4.88 Å². The van der Waals surface area contributed by atoms with Gasteiger partial charge in [0.2, 0.25) is 0 Å². The summed E-state index contributed by atoms with van der Waals surface area (Å²) in [6.45, 7) is 1.88. The second kappa shape index (κ2) is 5.56. The topological polar surface area (TPSA) is 51.2 Å². The third kappa shape index (κ3) is 3.32. The van der Waals surface area contributed by atoms with Gasteiger partial charge in [-0.1, -0.05) is 12.1 Å². The fourth-order valence-corrected chi connectivity index (χ4v) is 4.83. The molecule has 1 aromatic heterocycles. The summed E-state index contributed by atoms with van der Waals surface area (Å²) in [5.41, 5.74) is 0. The molecule has 100 valence electrons. The van der Waals surface area contributed by atoms with E-state index in [2.05, 4.69) is 15.9 Å². The van der Waals surface area contributed by atoms with Gasteiger partial charge in [0.05, 0.1) is 9.77 Å². The summed E-state index contributed by atoms with van der Waals surface area (Å²) in [6, 6.07) is 9.98. The van der Waals surface area contributed by atoms with Crippen LogP contribution in [0.5, 0.6) is 0 Å². The first kappa shape index (κ1) is 14.4. The number of carbonyl (C=O) groups excluding carboxylic acids is 1. The fourth-order valence-electron chi connectivity index (χ4n) is 1.60. The molecule has 0 aliphatic heterocycles. The Bertz CT molecular complexity index is 717. The highest BCUT2D eigenvalue weighted by Crippen LogP contribution is 2.24. The van der Waals surface area contributed by atoms with Gasteiger partial charge in [-0.05, 0) is 47.1 Å². The quantitative estimate of drug-likeness (QED) is 0.786. The van der Waals surface area contributed by atoms with E-state index in [-0.39, 0.29) is 10.7 Å². The maximum absolute atomic E-state index is 12.2. The number of hydrogen-bond donors (Lipinski definition) is 0. The molecule has 0 radical (unpaired) electrons. The van der Waals surface area contributed by atoms with Crippen molar-refractivity contribution in [3.8, 4) is 0 Å². The minimum Gasteiger partial charge on any atom is -0.292 e. The molecule has 0 atom stereocenters. The van der Waals surface area contributed by atoms with Gasteiger partial charge in [-0.25, -0.2) is 8.42 Å². The van der Waals surface area contributed by atoms with Gasteiger partial charge >= 0.3 is 0 Å². The van der Waals surface area contributed by atoms with E-state index in [9.17, 15) is 13.2 Å². The normalized spacial score (nSPS) is 11.5. The third-order valence-corrected chi connectivity index (χ3v) is 6.17. The van der Waals surface area contributed by atoms with Crippen LogP contribution in [0.3, 0.4) is 0 Å². The zero-order chi connectivity index (χ0) is 14.0. The zero-order valence-electron chi connectivity index (χ0n) is 10.1. The van der Waals surface area contributed by atoms with Crippen LogP contribution < -0.4 is 0 Å². The summed E-state index contributed by atoms with van der Waals surface area (Å²) >= 11 is 4.50. The summed E-state index contributed by atoms with van der Waals surface area (Å²) in [5, 5.41) is 0. The van der Waals surface area contributed by atoms with Crippen molar-refractivity contribution >= 4 is 42.9 Å². The fraction of sp³-hybridized carbons (Fsp3) is 0.154. The van der Waals surface area contributed by atoms with E-state index in [0.29, 0.717) is 9.35 Å². The van der Waals surface area contributed by atoms with Crippen molar-refractivity contribution in [2.24, 2.45) is 0 Å². The molecule has 0 saturated carbocycles. The monoisotopic (exact) mass is 358 g/mol. The average Bonchev–Trinajstić information content (AvgIpc) is 2.76. The molecule has 0 fully saturated rings. The highest BCUT2D eigenvalue weighted by atomic mass is 79.9. The lowest BCUT2D eigenvalue weighted by Crippen LogP contribution is -2.16. The Morgan fingerprint density at radius 1 is 1.21 bits per heavy atom. The molecule has 0 bridgehead atoms. The van der Waals surface area contributed by atoms with Crippen LogP contribution in [0.25, 0.3) is 0 Å². The highest BCUT2D eigenvalue weighted by molar-refractivity contribution is 9.10. The summed E-state index contributed by atoms with van der Waals surface area (Å²) in [7, 11) is -3.62. The van der Waals surface area contributed by atoms with Crippen molar-refractivity contribution in [1.29, 1.82) is 0 Å². The van der Waals surface area contributed by atoms with Gasteiger partial charge in [0, 0.05) is 9.35 Å². The Labute approximate surface area is 124 Å². The largest absolute Gasteiger partial charge is 0.292 e. The molecule has 6 heteroatoms. The Balaban J connectivity index is 2.28. The van der Waals surface area contributed by atoms with Gasteiger partial charge in [0.1, 0.15) is 5.75 Å². The van der Waals surface area contributed by atoms with E-state index in [1.807, 2.05) is 13.0 Å². The van der Waals surface area contributed by atoms with E-state index in [1.54, 1.807) is 24.3 Å². The molecule has 3 nitrogen and oxygen atoms in total. The van der Waals surface area contributed by atoms with Crippen LogP contribution in [-0.2, 0) is 9.84 Å². The van der Waals surface area contributed by atoms with Crippen molar-refractivity contribution < 1.29 is 13.2 Å². The summed E-state index contributed by atoms with van der Waals surface area (Å²) in [4.78, 5) is 13.6. The molecular weight excluding hydrogens is 348 g/mol. The lowest BCUT2D eigenvalue weighted by Gasteiger charge is -2.05. The molecule has 0 N–H and O–H groups in total. The Hall–Kier alpha value is -0.980. The van der Waals surface area contributed by atoms with Crippen molar-refractivity contribution in [3.05, 3.63) is 50.6 Å². The van der Waals surface area contributed by atoms with Crippen molar-refractivity contribution in [1.82, 2.24) is 0 Å². The van der Waals surface area contributed by atoms with Gasteiger partial charge in [-0.3, -0.25) is 4.79 Å². The van der Waals surface area contributed by atoms with Crippen molar-refractivity contribution in [3.63, 3.8) is 0 Å². The molecule has 2 aromatic rings. The summed E-state index contributed by atoms with van der Waals surface area (Å²) in [6.07, 6.45) is 0. The molecule has 1 heterocycles. The molecule has 0 aliphatic carbocycles. The number of benzene rings is 1. The molecule has 0 aliphatic rings. The van der Waals surface area contributed by atoms with Crippen LogP contribution in [0, 0.1) is 6.92 Å². The van der Waals surface area contributed by atoms with Gasteiger partial charge in [0.15, 0.2) is 15.6 Å². The Morgan fingerprint density at radius 3 is 2.47 bits per heavy atom. The first-order chi connectivity index (χ1) is 8.90. The smallest absolute Gasteiger partial charge is 0.188 e. The average molecular weight is 359 g/mol. The van der Waals surface area contributed by atoms with Crippen LogP contribution >= 0.6 is 27.3 Å². The van der Waals surface area contributed by atoms with Crippen LogP contribution in [0.1, 0.15) is 14.5 Å². The van der Waals surface area contributed by atoms with Crippen molar-refractivity contribution in [2.75, 3.05) is 5.75 Å². The van der Waals surface area contributed by atoms with Crippen LogP contribution in [-0.4, -0.2) is 20.0 Å². The molecule has 0 spiro atoms. The first-order valence-electron chi connectivity index (χ1n) is 5.47. The third-order valence-electron chi connectivity index (χ3n) is 2.51. The van der Waals surface area contributed by atoms with Crippen LogP contribution in [0.2, 0.25) is 0 Å². The lowest BCUT2D eigenvalue weighted by atomic mass is 10.3. The Kier molecular flexibility index (Phi) is 4.23. The highest BCUT2D eigenvalue weighted by Gasteiger charge is 2.23. The van der Waals surface area contributed by atoms with Gasteiger partial charge in [-0.2, -0.15) is 0 Å². The van der Waals surface area contributed by atoms with E-state index in [4.69, 9.17) is 0 Å². The number of aryl methyl sites for hydroxylation is 1. The number of thiophene rings is 1. The molecule has 1 aromatic carbocycles. The Morgan fingerprint density at radius 2 is 1.89 bits per heavy atom. The predicted molar refractivity (Wildman–Crippen MR) is 79.6 cm³/mol. The molecular formula is C13H11BrO3S2. The van der Waals surface area contributed by atoms with Crippen LogP contribution in [0.4, 0.5) is 0 Å². The predicted octanol–water partition coefficient (Wildman–Crippen LogP) is 3.48. The minimum absolute atomic E-state index is 0.150. The second-order valence-electron chi connectivity index (χ2n) is 4.02. The molecule has 19 heavy (non-hydrogen) atoms. The minimum atomic E-state index is -3.62. The van der Waals surface area contributed by atoms with Gasteiger partial charge in [-0.15, -0.1) is 11.3 Å². The lowest BCUT2D eigenvalue weighted by molar-refractivity contribution is 0.102.